The van der Waals surface area contributed by atoms with E-state index in [-0.39, 0.29) is 12.1 Å². The third-order valence-corrected chi connectivity index (χ3v) is 6.71. The molecule has 5 nitrogen and oxygen atoms in total. The van der Waals surface area contributed by atoms with Crippen LogP contribution in [0.25, 0.3) is 5.70 Å². The van der Waals surface area contributed by atoms with Gasteiger partial charge in [-0.1, -0.05) is 53.5 Å². The molecular weight excluding hydrogens is 444 g/mol. The predicted molar refractivity (Wildman–Crippen MR) is 115 cm³/mol. The Morgan fingerprint density at radius 2 is 2.22 bits per heavy atom. The van der Waals surface area contributed by atoms with Crippen LogP contribution >= 0.6 is 39.0 Å². The lowest BCUT2D eigenvalue weighted by Gasteiger charge is -2.33. The van der Waals surface area contributed by atoms with E-state index in [1.54, 1.807) is 28.1 Å². The Balaban J connectivity index is 1.78. The van der Waals surface area contributed by atoms with Gasteiger partial charge in [0.1, 0.15) is 5.70 Å². The Kier molecular flexibility index (Phi) is 5.66. The molecule has 1 atom stereocenters. The molecule has 0 saturated heterocycles. The van der Waals surface area contributed by atoms with Crippen LogP contribution in [-0.2, 0) is 4.79 Å². The highest BCUT2D eigenvalue weighted by Gasteiger charge is 2.34. The van der Waals surface area contributed by atoms with E-state index in [0.29, 0.717) is 10.9 Å². The number of amidine groups is 1. The zero-order valence-electron chi connectivity index (χ0n) is 14.8. The summed E-state index contributed by atoms with van der Waals surface area (Å²) in [5.41, 5.74) is 0.553. The summed E-state index contributed by atoms with van der Waals surface area (Å²) in [6.07, 6.45) is 3.16. The van der Waals surface area contributed by atoms with Crippen LogP contribution in [0.4, 0.5) is 0 Å². The summed E-state index contributed by atoms with van der Waals surface area (Å²) in [5, 5.41) is 13.8. The Hall–Kier alpha value is -1.64. The molecule has 1 aromatic heterocycles. The number of amides is 1. The highest BCUT2D eigenvalue weighted by Crippen LogP contribution is 2.33. The van der Waals surface area contributed by atoms with Gasteiger partial charge in [0.15, 0.2) is 11.3 Å². The molecule has 0 fully saturated rings. The molecule has 0 aliphatic carbocycles. The fourth-order valence-electron chi connectivity index (χ4n) is 3.06. The van der Waals surface area contributed by atoms with Crippen molar-refractivity contribution in [1.29, 1.82) is 0 Å². The molecule has 0 saturated carbocycles. The maximum absolute atomic E-state index is 13.0. The number of thioether (sulfide) groups is 1. The zero-order chi connectivity index (χ0) is 18.8. The van der Waals surface area contributed by atoms with Crippen molar-refractivity contribution in [2.75, 3.05) is 5.75 Å². The Morgan fingerprint density at radius 3 is 3.00 bits per heavy atom. The van der Waals surface area contributed by atoms with E-state index in [2.05, 4.69) is 28.2 Å². The molecule has 2 aliphatic heterocycles. The van der Waals surface area contributed by atoms with E-state index in [1.807, 2.05) is 35.7 Å². The summed E-state index contributed by atoms with van der Waals surface area (Å²) in [6.45, 7) is 2.18. The van der Waals surface area contributed by atoms with Gasteiger partial charge >= 0.3 is 0 Å². The first-order valence-electron chi connectivity index (χ1n) is 8.90. The molecule has 1 aromatic carbocycles. The van der Waals surface area contributed by atoms with E-state index in [0.717, 1.165) is 32.1 Å². The number of hydrogen-bond acceptors (Lipinski definition) is 6. The Morgan fingerprint density at radius 1 is 1.33 bits per heavy atom. The maximum Gasteiger partial charge on any atom is 0.276 e. The average Bonchev–Trinajstić information content (AvgIpc) is 3.19. The fraction of sp³-hybridized carbons (Fsp3) is 0.316. The summed E-state index contributed by atoms with van der Waals surface area (Å²) in [4.78, 5) is 18.9. The largest absolute Gasteiger partial charge is 0.298 e. The number of carbonyl (C=O) groups excluding carboxylic acids is 1. The summed E-state index contributed by atoms with van der Waals surface area (Å²) >= 11 is 6.72. The van der Waals surface area contributed by atoms with Gasteiger partial charge in [0, 0.05) is 15.4 Å². The van der Waals surface area contributed by atoms with Gasteiger partial charge in [0.2, 0.25) is 0 Å². The molecule has 4 rings (SSSR count). The van der Waals surface area contributed by atoms with Crippen molar-refractivity contribution in [2.45, 2.75) is 32.4 Å². The van der Waals surface area contributed by atoms with Crippen LogP contribution in [0.15, 0.2) is 50.3 Å². The lowest BCUT2D eigenvalue weighted by Crippen LogP contribution is -2.50. The van der Waals surface area contributed by atoms with Gasteiger partial charge in [-0.3, -0.25) is 15.1 Å². The second kappa shape index (κ2) is 8.16. The number of nitrogens with zero attached hydrogens (tertiary/aromatic N) is 3. The second-order valence-corrected chi connectivity index (χ2v) is 9.27. The third kappa shape index (κ3) is 3.83. The molecule has 0 spiro atoms. The minimum atomic E-state index is -0.314. The quantitative estimate of drug-likeness (QED) is 0.690. The lowest BCUT2D eigenvalue weighted by molar-refractivity contribution is -0.116. The van der Waals surface area contributed by atoms with E-state index in [1.165, 1.54) is 12.8 Å². The second-order valence-electron chi connectivity index (χ2n) is 6.29. The van der Waals surface area contributed by atoms with Crippen LogP contribution in [0.2, 0.25) is 0 Å². The average molecular weight is 463 g/mol. The van der Waals surface area contributed by atoms with Gasteiger partial charge in [0.05, 0.1) is 10.2 Å². The Labute approximate surface area is 174 Å². The monoisotopic (exact) mass is 462 g/mol. The number of hydrogen-bond donors (Lipinski definition) is 1. The van der Waals surface area contributed by atoms with Gasteiger partial charge in [-0.25, -0.2) is 5.01 Å². The number of carbonyl (C=O) groups is 1. The van der Waals surface area contributed by atoms with E-state index >= 15 is 0 Å². The molecule has 0 radical (unpaired) electrons. The number of nitrogens with one attached hydrogen (secondary N) is 1. The van der Waals surface area contributed by atoms with Gasteiger partial charge in [-0.05, 0) is 36.1 Å². The van der Waals surface area contributed by atoms with Crippen LogP contribution < -0.4 is 15.9 Å². The first-order valence-corrected chi connectivity index (χ1v) is 11.6. The molecule has 27 heavy (non-hydrogen) atoms. The van der Waals surface area contributed by atoms with Crippen LogP contribution in [0, 0.1) is 0 Å². The van der Waals surface area contributed by atoms with Crippen molar-refractivity contribution in [1.82, 2.24) is 10.3 Å². The SMILES string of the molecule is CCCCCSC1=NN2C(=c3cc(Br)ccc3=N[C@@H]2c2cccs2)C(=O)N1. The van der Waals surface area contributed by atoms with Crippen molar-refractivity contribution in [3.8, 4) is 0 Å². The molecular formula is C19H19BrN4OS2. The molecule has 0 unspecified atom stereocenters. The predicted octanol–water partition coefficient (Wildman–Crippen LogP) is 3.58. The molecule has 2 aromatic rings. The number of halogens is 1. The smallest absolute Gasteiger partial charge is 0.276 e. The molecule has 3 heterocycles. The first-order chi connectivity index (χ1) is 13.2. The van der Waals surface area contributed by atoms with E-state index in [4.69, 9.17) is 10.1 Å². The lowest BCUT2D eigenvalue weighted by atomic mass is 10.1. The van der Waals surface area contributed by atoms with Crippen molar-refractivity contribution < 1.29 is 4.79 Å². The fourth-order valence-corrected chi connectivity index (χ4v) is 5.02. The minimum Gasteiger partial charge on any atom is -0.298 e. The van der Waals surface area contributed by atoms with Crippen LogP contribution in [0.1, 0.15) is 37.2 Å². The molecule has 0 bridgehead atoms. The first kappa shape index (κ1) is 18.7. The molecule has 1 amide bonds. The van der Waals surface area contributed by atoms with Crippen LogP contribution in [0.3, 0.4) is 0 Å². The molecule has 140 valence electrons. The summed E-state index contributed by atoms with van der Waals surface area (Å²) < 4.78 is 0.912. The molecule has 8 heteroatoms. The van der Waals surface area contributed by atoms with Gasteiger partial charge in [-0.2, -0.15) is 0 Å². The highest BCUT2D eigenvalue weighted by atomic mass is 79.9. The number of hydrazone groups is 1. The summed E-state index contributed by atoms with van der Waals surface area (Å²) in [7, 11) is 0. The normalized spacial score (nSPS) is 18.4. The number of fused-ring (bicyclic) bond motifs is 2. The number of thiophene rings is 1. The van der Waals surface area contributed by atoms with E-state index < -0.39 is 0 Å². The minimum absolute atomic E-state index is 0.126. The Bertz CT molecular complexity index is 1000. The molecule has 1 N–H and O–H groups in total. The third-order valence-electron chi connectivity index (χ3n) is 4.35. The molecule has 2 aliphatic rings. The summed E-state index contributed by atoms with van der Waals surface area (Å²) in [5.74, 6) is 0.817. The number of benzene rings is 1. The number of rotatable bonds is 5. The maximum atomic E-state index is 13.0. The number of unbranched alkanes of at least 4 members (excludes halogenated alkanes) is 2. The van der Waals surface area contributed by atoms with Crippen LogP contribution in [0.5, 0.6) is 0 Å². The van der Waals surface area contributed by atoms with E-state index in [9.17, 15) is 4.79 Å². The highest BCUT2D eigenvalue weighted by molar-refractivity contribution is 9.10. The van der Waals surface area contributed by atoms with Gasteiger partial charge < -0.3 is 0 Å². The topological polar surface area (TPSA) is 57.1 Å². The van der Waals surface area contributed by atoms with Crippen molar-refractivity contribution in [3.63, 3.8) is 0 Å². The van der Waals surface area contributed by atoms with Crippen LogP contribution in [-0.4, -0.2) is 21.8 Å². The summed E-state index contributed by atoms with van der Waals surface area (Å²) in [6, 6.07) is 9.86. The standard InChI is InChI=1S/C19H19BrN4OS2/c1-2-3-4-9-27-19-22-18(25)16-13-11-12(20)7-8-14(13)21-17(24(16)23-19)15-6-5-10-26-15/h5-8,10-11,17H,2-4,9H2,1H3,(H,22,23,25)/t17-/m0/s1. The van der Waals surface area contributed by atoms with Crippen molar-refractivity contribution in [3.05, 3.63) is 55.6 Å². The van der Waals surface area contributed by atoms with Crippen molar-refractivity contribution in [2.24, 2.45) is 10.1 Å². The van der Waals surface area contributed by atoms with Gasteiger partial charge in [-0.15, -0.1) is 16.4 Å². The zero-order valence-corrected chi connectivity index (χ0v) is 18.0. The van der Waals surface area contributed by atoms with Crippen molar-refractivity contribution >= 4 is 55.8 Å². The van der Waals surface area contributed by atoms with Gasteiger partial charge in [0.25, 0.3) is 5.91 Å².